The van der Waals surface area contributed by atoms with Crippen LogP contribution in [0, 0.1) is 23.5 Å². The van der Waals surface area contributed by atoms with Crippen molar-refractivity contribution < 1.29 is 18.4 Å². The van der Waals surface area contributed by atoms with Crippen LogP contribution in [0.1, 0.15) is 31.9 Å². The van der Waals surface area contributed by atoms with Crippen molar-refractivity contribution in [2.75, 3.05) is 13.1 Å². The second-order valence-corrected chi connectivity index (χ2v) is 7.11. The van der Waals surface area contributed by atoms with Crippen molar-refractivity contribution in [3.8, 4) is 0 Å². The van der Waals surface area contributed by atoms with Crippen LogP contribution in [-0.2, 0) is 4.79 Å². The molecule has 1 aliphatic heterocycles. The molecule has 0 aromatic heterocycles. The number of piperazine rings is 1. The predicted octanol–water partition coefficient (Wildman–Crippen LogP) is 2.85. The van der Waals surface area contributed by atoms with E-state index in [0.29, 0.717) is 19.0 Å². The summed E-state index contributed by atoms with van der Waals surface area (Å²) in [5, 5.41) is 4.93. The Labute approximate surface area is 149 Å². The molecule has 2 aliphatic rings. The molecule has 3 rings (SSSR count). The van der Waals surface area contributed by atoms with Crippen LogP contribution in [0.2, 0.25) is 5.02 Å². The predicted molar refractivity (Wildman–Crippen MR) is 89.1 cm³/mol. The second kappa shape index (κ2) is 6.78. The van der Waals surface area contributed by atoms with Crippen LogP contribution >= 0.6 is 11.6 Å². The zero-order valence-corrected chi connectivity index (χ0v) is 14.7. The van der Waals surface area contributed by atoms with Gasteiger partial charge in [0, 0.05) is 18.7 Å². The van der Waals surface area contributed by atoms with Crippen molar-refractivity contribution in [3.63, 3.8) is 0 Å². The number of benzene rings is 1. The van der Waals surface area contributed by atoms with Gasteiger partial charge in [0.05, 0.1) is 6.04 Å². The summed E-state index contributed by atoms with van der Waals surface area (Å²) in [7, 11) is 0. The van der Waals surface area contributed by atoms with Gasteiger partial charge in [-0.2, -0.15) is 0 Å². The molecule has 8 heteroatoms. The molecule has 4 atom stereocenters. The first-order valence-electron chi connectivity index (χ1n) is 8.29. The number of hydrogen-bond donors (Lipinski definition) is 2. The highest BCUT2D eigenvalue weighted by molar-refractivity contribution is 6.31. The van der Waals surface area contributed by atoms with Gasteiger partial charge in [-0.3, -0.25) is 4.79 Å². The Morgan fingerprint density at radius 1 is 1.40 bits per heavy atom. The van der Waals surface area contributed by atoms with Gasteiger partial charge in [-0.05, 0) is 31.2 Å². The van der Waals surface area contributed by atoms with Gasteiger partial charge >= 0.3 is 6.03 Å². The Balaban J connectivity index is 1.84. The standard InChI is InChI=1S/C17H20ClF2N3O2/c1-8-7-11(8)15(10-3-4-12(19)13(18)14(10)20)22-17(25)23-6-5-21-16(24)9(23)2/h3-4,8-9,11,15H,5-7H2,1-2H3,(H,21,24)(H,22,25)/t8-,9+,11-,15?/m0/s1. The average Bonchev–Trinajstić information content (AvgIpc) is 3.30. The molecule has 1 aromatic rings. The molecule has 1 unspecified atom stereocenters. The van der Waals surface area contributed by atoms with Crippen LogP contribution in [0.4, 0.5) is 13.6 Å². The van der Waals surface area contributed by atoms with E-state index < -0.39 is 34.8 Å². The zero-order chi connectivity index (χ0) is 18.3. The molecule has 1 heterocycles. The lowest BCUT2D eigenvalue weighted by Crippen LogP contribution is -2.58. The van der Waals surface area contributed by atoms with Crippen LogP contribution in [0.3, 0.4) is 0 Å². The van der Waals surface area contributed by atoms with E-state index >= 15 is 0 Å². The van der Waals surface area contributed by atoms with Gasteiger partial charge in [0.25, 0.3) is 0 Å². The summed E-state index contributed by atoms with van der Waals surface area (Å²) in [5.41, 5.74) is 0.170. The molecule has 25 heavy (non-hydrogen) atoms. The molecule has 0 radical (unpaired) electrons. The van der Waals surface area contributed by atoms with E-state index in [2.05, 4.69) is 10.6 Å². The molecule has 0 spiro atoms. The molecule has 1 saturated heterocycles. The highest BCUT2D eigenvalue weighted by Gasteiger charge is 2.43. The van der Waals surface area contributed by atoms with Crippen molar-refractivity contribution in [2.24, 2.45) is 11.8 Å². The number of halogens is 3. The van der Waals surface area contributed by atoms with E-state index in [4.69, 9.17) is 11.6 Å². The molecule has 1 aliphatic carbocycles. The fourth-order valence-electron chi connectivity index (χ4n) is 3.29. The lowest BCUT2D eigenvalue weighted by molar-refractivity contribution is -0.126. The monoisotopic (exact) mass is 371 g/mol. The Morgan fingerprint density at radius 2 is 2.08 bits per heavy atom. The first kappa shape index (κ1) is 17.9. The number of nitrogens with one attached hydrogen (secondary N) is 2. The maximum absolute atomic E-state index is 14.5. The third kappa shape index (κ3) is 3.42. The van der Waals surface area contributed by atoms with Gasteiger partial charge in [-0.15, -0.1) is 0 Å². The molecular weight excluding hydrogens is 352 g/mol. The number of amides is 3. The summed E-state index contributed by atoms with van der Waals surface area (Å²) in [4.78, 5) is 25.8. The summed E-state index contributed by atoms with van der Waals surface area (Å²) >= 11 is 5.69. The average molecular weight is 372 g/mol. The van der Waals surface area contributed by atoms with Crippen molar-refractivity contribution >= 4 is 23.5 Å². The summed E-state index contributed by atoms with van der Waals surface area (Å²) < 4.78 is 27.9. The Kier molecular flexibility index (Phi) is 4.86. The van der Waals surface area contributed by atoms with Crippen LogP contribution in [0.25, 0.3) is 0 Å². The van der Waals surface area contributed by atoms with E-state index in [1.807, 2.05) is 6.92 Å². The smallest absolute Gasteiger partial charge is 0.318 e. The largest absolute Gasteiger partial charge is 0.353 e. The molecule has 2 N–H and O–H groups in total. The summed E-state index contributed by atoms with van der Waals surface area (Å²) in [6.45, 7) is 4.39. The first-order chi connectivity index (χ1) is 11.8. The molecule has 5 nitrogen and oxygen atoms in total. The molecule has 1 saturated carbocycles. The molecule has 136 valence electrons. The Morgan fingerprint density at radius 3 is 2.72 bits per heavy atom. The van der Waals surface area contributed by atoms with Gasteiger partial charge < -0.3 is 15.5 Å². The van der Waals surface area contributed by atoms with E-state index in [-0.39, 0.29) is 17.4 Å². The topological polar surface area (TPSA) is 61.4 Å². The molecule has 0 bridgehead atoms. The third-order valence-corrected chi connectivity index (χ3v) is 5.39. The minimum Gasteiger partial charge on any atom is -0.353 e. The maximum Gasteiger partial charge on any atom is 0.318 e. The SMILES string of the molecule is C[C@@H]1C(=O)NCCN1C(=O)NC(c1ccc(F)c(Cl)c1F)[C@H]1C[C@@H]1C. The first-order valence-corrected chi connectivity index (χ1v) is 8.67. The minimum absolute atomic E-state index is 0.0499. The number of nitrogens with zero attached hydrogens (tertiary/aromatic N) is 1. The molecular formula is C17H20ClF2N3O2. The lowest BCUT2D eigenvalue weighted by atomic mass is 10.00. The minimum atomic E-state index is -0.851. The van der Waals surface area contributed by atoms with Crippen molar-refractivity contribution in [3.05, 3.63) is 34.4 Å². The zero-order valence-electron chi connectivity index (χ0n) is 14.0. The van der Waals surface area contributed by atoms with Crippen molar-refractivity contribution in [1.29, 1.82) is 0 Å². The van der Waals surface area contributed by atoms with Gasteiger partial charge in [0.2, 0.25) is 5.91 Å². The fourth-order valence-corrected chi connectivity index (χ4v) is 3.46. The van der Waals surface area contributed by atoms with Crippen LogP contribution in [0.15, 0.2) is 12.1 Å². The Hall–Kier alpha value is -1.89. The number of carbonyl (C=O) groups excluding carboxylic acids is 2. The van der Waals surface area contributed by atoms with Gasteiger partial charge in [0.1, 0.15) is 22.7 Å². The Bertz CT molecular complexity index is 715. The van der Waals surface area contributed by atoms with Crippen molar-refractivity contribution in [2.45, 2.75) is 32.4 Å². The summed E-state index contributed by atoms with van der Waals surface area (Å²) in [5.74, 6) is -1.55. The normalized spacial score (nSPS) is 26.8. The quantitative estimate of drug-likeness (QED) is 0.803. The highest BCUT2D eigenvalue weighted by atomic mass is 35.5. The number of rotatable bonds is 3. The van der Waals surface area contributed by atoms with Crippen LogP contribution in [-0.4, -0.2) is 36.0 Å². The number of hydrogen-bond acceptors (Lipinski definition) is 2. The van der Waals surface area contributed by atoms with E-state index in [1.165, 1.54) is 11.0 Å². The molecule has 3 amide bonds. The lowest BCUT2D eigenvalue weighted by Gasteiger charge is -2.34. The van der Waals surface area contributed by atoms with E-state index in [9.17, 15) is 18.4 Å². The molecule has 2 fully saturated rings. The number of carbonyl (C=O) groups is 2. The van der Waals surface area contributed by atoms with Gasteiger partial charge in [-0.25, -0.2) is 13.6 Å². The van der Waals surface area contributed by atoms with Gasteiger partial charge in [0.15, 0.2) is 0 Å². The number of urea groups is 1. The van der Waals surface area contributed by atoms with Crippen molar-refractivity contribution in [1.82, 2.24) is 15.5 Å². The van der Waals surface area contributed by atoms with Crippen LogP contribution in [0.5, 0.6) is 0 Å². The van der Waals surface area contributed by atoms with Crippen LogP contribution < -0.4 is 10.6 Å². The van der Waals surface area contributed by atoms with E-state index in [0.717, 1.165) is 12.5 Å². The summed E-state index contributed by atoms with van der Waals surface area (Å²) in [6, 6.07) is 0.764. The maximum atomic E-state index is 14.5. The fraction of sp³-hybridized carbons (Fsp3) is 0.529. The van der Waals surface area contributed by atoms with E-state index in [1.54, 1.807) is 6.92 Å². The highest BCUT2D eigenvalue weighted by Crippen LogP contribution is 2.48. The molecule has 1 aromatic carbocycles. The third-order valence-electron chi connectivity index (χ3n) is 5.04. The van der Waals surface area contributed by atoms with Gasteiger partial charge in [-0.1, -0.05) is 24.6 Å². The summed E-state index contributed by atoms with van der Waals surface area (Å²) in [6.07, 6.45) is 0.829. The second-order valence-electron chi connectivity index (χ2n) is 6.73.